The summed E-state index contributed by atoms with van der Waals surface area (Å²) in [6.45, 7) is -0.0414. The maximum absolute atomic E-state index is 13.0. The van der Waals surface area contributed by atoms with Gasteiger partial charge in [0, 0.05) is 34.6 Å². The zero-order chi connectivity index (χ0) is 24.7. The van der Waals surface area contributed by atoms with Crippen molar-refractivity contribution in [3.05, 3.63) is 76.9 Å². The Morgan fingerprint density at radius 3 is 2.47 bits per heavy atom. The summed E-state index contributed by atoms with van der Waals surface area (Å²) < 4.78 is 39.0. The number of aliphatic hydroxyl groups is 1. The Balaban J connectivity index is 1.66. The van der Waals surface area contributed by atoms with Crippen molar-refractivity contribution in [1.82, 2.24) is 10.3 Å². The van der Waals surface area contributed by atoms with Crippen LogP contribution in [0.2, 0.25) is 5.02 Å². The molecule has 0 aliphatic rings. The van der Waals surface area contributed by atoms with Gasteiger partial charge in [-0.05, 0) is 48.5 Å². The van der Waals surface area contributed by atoms with E-state index in [0.717, 1.165) is 12.1 Å². The highest BCUT2D eigenvalue weighted by atomic mass is 35.5. The number of pyridine rings is 1. The number of aromatic nitrogens is 1. The number of hydrogen-bond donors (Lipinski definition) is 4. The lowest BCUT2D eigenvalue weighted by Gasteiger charge is -2.12. The molecule has 7 nitrogen and oxygen atoms in total. The third kappa shape index (κ3) is 7.11. The van der Waals surface area contributed by atoms with Crippen LogP contribution in [0.5, 0.6) is 0 Å². The summed E-state index contributed by atoms with van der Waals surface area (Å²) >= 11 is 6.84. The van der Waals surface area contributed by atoms with Crippen LogP contribution in [0.1, 0.15) is 15.9 Å². The molecule has 3 rings (SSSR count). The average molecular weight is 511 g/mol. The fraction of sp³-hybridized carbons (Fsp3) is 0.136. The number of rotatable bonds is 7. The fourth-order valence-electron chi connectivity index (χ4n) is 2.75. The van der Waals surface area contributed by atoms with Crippen molar-refractivity contribution in [3.8, 4) is 0 Å². The zero-order valence-electron chi connectivity index (χ0n) is 17.3. The Bertz CT molecular complexity index is 1190. The van der Waals surface area contributed by atoms with Crippen LogP contribution in [0.3, 0.4) is 0 Å². The number of carbonyl (C=O) groups excluding carboxylic acids is 2. The van der Waals surface area contributed by atoms with Crippen molar-refractivity contribution in [1.29, 1.82) is 0 Å². The molecule has 1 aromatic heterocycles. The third-order valence-corrected chi connectivity index (χ3v) is 5.49. The predicted octanol–water partition coefficient (Wildman–Crippen LogP) is 5.27. The van der Waals surface area contributed by atoms with Gasteiger partial charge in [0.1, 0.15) is 5.03 Å². The predicted molar refractivity (Wildman–Crippen MR) is 123 cm³/mol. The minimum Gasteiger partial charge on any atom is -0.395 e. The quantitative estimate of drug-likeness (QED) is 0.347. The highest BCUT2D eigenvalue weighted by molar-refractivity contribution is 7.99. The number of alkyl halides is 3. The first kappa shape index (κ1) is 25.3. The molecule has 0 spiro atoms. The molecule has 0 radical (unpaired) electrons. The van der Waals surface area contributed by atoms with E-state index < -0.39 is 22.8 Å². The van der Waals surface area contributed by atoms with E-state index in [1.165, 1.54) is 24.0 Å². The summed E-state index contributed by atoms with van der Waals surface area (Å²) in [5.74, 6) is -0.346. The van der Waals surface area contributed by atoms with E-state index in [2.05, 4.69) is 20.9 Å². The number of benzene rings is 2. The molecule has 2 aromatic carbocycles. The molecule has 0 saturated carbocycles. The van der Waals surface area contributed by atoms with Crippen LogP contribution in [0.25, 0.3) is 0 Å². The van der Waals surface area contributed by atoms with Crippen LogP contribution in [-0.4, -0.2) is 35.2 Å². The Labute approximate surface area is 201 Å². The van der Waals surface area contributed by atoms with Crippen LogP contribution in [0, 0.1) is 0 Å². The van der Waals surface area contributed by atoms with E-state index >= 15 is 0 Å². The van der Waals surface area contributed by atoms with Crippen LogP contribution in [0.15, 0.2) is 70.7 Å². The number of hydrogen-bond acceptors (Lipinski definition) is 5. The summed E-state index contributed by atoms with van der Waals surface area (Å²) in [5, 5.41) is 16.3. The monoisotopic (exact) mass is 510 g/mol. The molecule has 3 aromatic rings. The minimum atomic E-state index is -4.65. The molecule has 0 bridgehead atoms. The Hall–Kier alpha value is -3.28. The van der Waals surface area contributed by atoms with E-state index in [1.807, 2.05) is 0 Å². The number of aliphatic hydroxyl groups excluding tert-OH is 1. The van der Waals surface area contributed by atoms with Gasteiger partial charge in [-0.1, -0.05) is 29.4 Å². The van der Waals surface area contributed by atoms with Crippen molar-refractivity contribution in [3.63, 3.8) is 0 Å². The van der Waals surface area contributed by atoms with Crippen molar-refractivity contribution < 1.29 is 27.9 Å². The molecule has 12 heteroatoms. The maximum atomic E-state index is 13.0. The van der Waals surface area contributed by atoms with E-state index in [0.29, 0.717) is 21.2 Å². The van der Waals surface area contributed by atoms with Crippen LogP contribution in [0.4, 0.5) is 29.3 Å². The molecule has 0 aliphatic carbocycles. The molecular weight excluding hydrogens is 493 g/mol. The number of nitrogens with zero attached hydrogens (tertiary/aromatic N) is 1. The lowest BCUT2D eigenvalue weighted by atomic mass is 10.2. The van der Waals surface area contributed by atoms with Crippen molar-refractivity contribution >= 4 is 46.7 Å². The topological polar surface area (TPSA) is 103 Å². The molecule has 3 amide bonds. The summed E-state index contributed by atoms with van der Waals surface area (Å²) in [6.07, 6.45) is -3.17. The molecule has 0 atom stereocenters. The summed E-state index contributed by atoms with van der Waals surface area (Å²) in [4.78, 5) is 29.2. The van der Waals surface area contributed by atoms with Gasteiger partial charge in [-0.3, -0.25) is 4.79 Å². The standard InChI is InChI=1S/C22H18ClF3N4O3S/c23-18-5-4-15(12-17(18)22(24,25)26)30-21(33)29-14-2-1-3-16(11-14)34-19-10-13(6-7-27-19)20(32)28-8-9-31/h1-7,10-12,31H,8-9H2,(H,28,32)(H2,29,30,33). The second-order valence-electron chi connectivity index (χ2n) is 6.76. The molecule has 0 saturated heterocycles. The Kier molecular flexibility index (Phi) is 8.37. The number of nitrogens with one attached hydrogen (secondary N) is 3. The number of carbonyl (C=O) groups is 2. The molecule has 1 heterocycles. The zero-order valence-corrected chi connectivity index (χ0v) is 18.9. The fourth-order valence-corrected chi connectivity index (χ4v) is 3.85. The minimum absolute atomic E-state index is 0.0692. The summed E-state index contributed by atoms with van der Waals surface area (Å²) in [7, 11) is 0. The highest BCUT2D eigenvalue weighted by Crippen LogP contribution is 2.36. The summed E-state index contributed by atoms with van der Waals surface area (Å²) in [5.41, 5.74) is -0.351. The Morgan fingerprint density at radius 2 is 1.76 bits per heavy atom. The highest BCUT2D eigenvalue weighted by Gasteiger charge is 2.33. The molecule has 34 heavy (non-hydrogen) atoms. The maximum Gasteiger partial charge on any atom is 0.417 e. The third-order valence-electron chi connectivity index (χ3n) is 4.24. The molecule has 0 fully saturated rings. The van der Waals surface area contributed by atoms with E-state index in [1.54, 1.807) is 36.4 Å². The molecular formula is C22H18ClF3N4O3S. The molecule has 0 aliphatic heterocycles. The number of anilines is 2. The lowest BCUT2D eigenvalue weighted by molar-refractivity contribution is -0.137. The SMILES string of the molecule is O=C(Nc1cccc(Sc2cc(C(=O)NCCO)ccn2)c1)Nc1ccc(Cl)c(C(F)(F)F)c1. The van der Waals surface area contributed by atoms with Crippen LogP contribution < -0.4 is 16.0 Å². The van der Waals surface area contributed by atoms with Gasteiger partial charge in [0.05, 0.1) is 17.2 Å². The largest absolute Gasteiger partial charge is 0.417 e. The lowest BCUT2D eigenvalue weighted by Crippen LogP contribution is -2.26. The van der Waals surface area contributed by atoms with Crippen molar-refractivity contribution in [2.24, 2.45) is 0 Å². The van der Waals surface area contributed by atoms with Gasteiger partial charge < -0.3 is 21.1 Å². The molecule has 178 valence electrons. The van der Waals surface area contributed by atoms with Crippen molar-refractivity contribution in [2.45, 2.75) is 16.1 Å². The average Bonchev–Trinajstić information content (AvgIpc) is 2.78. The van der Waals surface area contributed by atoms with E-state index in [-0.39, 0.29) is 24.7 Å². The van der Waals surface area contributed by atoms with Crippen LogP contribution in [-0.2, 0) is 6.18 Å². The number of urea groups is 1. The summed E-state index contributed by atoms with van der Waals surface area (Å²) in [6, 6.07) is 12.2. The van der Waals surface area contributed by atoms with Gasteiger partial charge in [-0.25, -0.2) is 9.78 Å². The number of amides is 3. The van der Waals surface area contributed by atoms with Gasteiger partial charge >= 0.3 is 12.2 Å². The van der Waals surface area contributed by atoms with E-state index in [9.17, 15) is 22.8 Å². The number of halogens is 4. The van der Waals surface area contributed by atoms with Gasteiger partial charge in [-0.2, -0.15) is 13.2 Å². The first-order valence-electron chi connectivity index (χ1n) is 9.73. The van der Waals surface area contributed by atoms with Crippen LogP contribution >= 0.6 is 23.4 Å². The van der Waals surface area contributed by atoms with Gasteiger partial charge in [0.15, 0.2) is 0 Å². The Morgan fingerprint density at radius 1 is 1.03 bits per heavy atom. The first-order chi connectivity index (χ1) is 16.2. The molecule has 4 N–H and O–H groups in total. The smallest absolute Gasteiger partial charge is 0.395 e. The first-order valence-corrected chi connectivity index (χ1v) is 10.9. The normalized spacial score (nSPS) is 11.1. The second-order valence-corrected chi connectivity index (χ2v) is 8.26. The molecule has 0 unspecified atom stereocenters. The van der Waals surface area contributed by atoms with Gasteiger partial charge in [0.25, 0.3) is 5.91 Å². The van der Waals surface area contributed by atoms with Gasteiger partial charge in [0.2, 0.25) is 0 Å². The van der Waals surface area contributed by atoms with Crippen molar-refractivity contribution in [2.75, 3.05) is 23.8 Å². The second kappa shape index (κ2) is 11.2. The van der Waals surface area contributed by atoms with Gasteiger partial charge in [-0.15, -0.1) is 0 Å². The van der Waals surface area contributed by atoms with E-state index in [4.69, 9.17) is 16.7 Å².